The number of allylic oxidation sites excluding steroid dienone is 3. The van der Waals surface area contributed by atoms with Crippen molar-refractivity contribution in [2.75, 3.05) is 38.2 Å². The molecule has 75 heavy (non-hydrogen) atoms. The lowest BCUT2D eigenvalue weighted by molar-refractivity contribution is -0.215. The summed E-state index contributed by atoms with van der Waals surface area (Å²) in [7, 11) is 5.49. The van der Waals surface area contributed by atoms with E-state index in [4.69, 9.17) is 10.7 Å². The molecule has 0 radical (unpaired) electrons. The van der Waals surface area contributed by atoms with Crippen LogP contribution in [0.3, 0.4) is 0 Å². The van der Waals surface area contributed by atoms with Crippen molar-refractivity contribution in [1.82, 2.24) is 20.2 Å². The van der Waals surface area contributed by atoms with Crippen LogP contribution in [0.25, 0.3) is 0 Å². The summed E-state index contributed by atoms with van der Waals surface area (Å²) in [6.45, 7) is 9.02. The van der Waals surface area contributed by atoms with Gasteiger partial charge in [-0.25, -0.2) is 4.98 Å². The third-order valence-corrected chi connectivity index (χ3v) is 27.1. The van der Waals surface area contributed by atoms with Crippen molar-refractivity contribution < 1.29 is 35.4 Å². The Kier molecular flexibility index (Phi) is 13.0. The molecule has 412 valence electrons. The quantitative estimate of drug-likeness (QED) is 0.0452. The van der Waals surface area contributed by atoms with E-state index in [1.54, 1.807) is 40.5 Å². The number of hydrogen-bond acceptors (Lipinski definition) is 12. The summed E-state index contributed by atoms with van der Waals surface area (Å²) in [6.07, 6.45) is 19.6. The molecule has 23 atom stereocenters. The minimum atomic E-state index is -1.63. The maximum Gasteiger partial charge on any atom is 0.190 e. The van der Waals surface area contributed by atoms with Gasteiger partial charge in [0.1, 0.15) is 6.23 Å². The van der Waals surface area contributed by atoms with Gasteiger partial charge >= 0.3 is 0 Å². The highest BCUT2D eigenvalue weighted by Gasteiger charge is 2.79. The molecule has 8 saturated carbocycles. The van der Waals surface area contributed by atoms with Crippen LogP contribution in [0, 0.1) is 105 Å². The van der Waals surface area contributed by atoms with Crippen LogP contribution in [-0.2, 0) is 4.79 Å². The predicted octanol–water partition coefficient (Wildman–Crippen LogP) is 6.81. The van der Waals surface area contributed by atoms with Crippen LogP contribution >= 0.6 is 21.6 Å². The van der Waals surface area contributed by atoms with Crippen molar-refractivity contribution in [2.45, 2.75) is 160 Å². The number of guanidine groups is 1. The number of ketones is 1. The normalized spacial score (nSPS) is 49.9. The van der Waals surface area contributed by atoms with Gasteiger partial charge in [-0.3, -0.25) is 9.79 Å². The van der Waals surface area contributed by atoms with Gasteiger partial charge in [0.25, 0.3) is 0 Å². The highest BCUT2D eigenvalue weighted by Crippen LogP contribution is 2.79. The zero-order valence-electron chi connectivity index (χ0n) is 45.2. The molecule has 1 aromatic heterocycles. The highest BCUT2D eigenvalue weighted by molar-refractivity contribution is 8.76. The van der Waals surface area contributed by atoms with Crippen LogP contribution in [0.4, 0.5) is 0 Å². The summed E-state index contributed by atoms with van der Waals surface area (Å²) < 4.78 is 2.32. The van der Waals surface area contributed by atoms with Crippen LogP contribution in [0.15, 0.2) is 57.7 Å². The number of aliphatic hydroxyl groups excluding tert-OH is 5. The number of aromatic nitrogens is 2. The van der Waals surface area contributed by atoms with E-state index in [-0.39, 0.29) is 90.1 Å². The SMILES string of the molecule is CNCC1C(O)C(O)CC2(C)C1C(=O)C=C1C2C(CN=C(N)NC(C)O)C2CCC3C4CCCC5=C4C4C(=C6CC7CCC8CCCC8(C7)C56)C(C)(C)CC(n5ccnc5)CSSCC5CC(C3C4O)C2(CO)C15O. The molecule has 2 heterocycles. The molecule has 1 saturated heterocycles. The van der Waals surface area contributed by atoms with Gasteiger partial charge < -0.3 is 51.6 Å². The molecule has 13 nitrogen and oxygen atoms in total. The smallest absolute Gasteiger partial charge is 0.190 e. The van der Waals surface area contributed by atoms with Crippen molar-refractivity contribution in [3.05, 3.63) is 52.7 Å². The first kappa shape index (κ1) is 52.2. The number of rotatable bonds is 7. The largest absolute Gasteiger partial charge is 0.396 e. The predicted molar refractivity (Wildman–Crippen MR) is 293 cm³/mol. The van der Waals surface area contributed by atoms with E-state index in [9.17, 15) is 30.6 Å². The van der Waals surface area contributed by atoms with Gasteiger partial charge in [0.05, 0.1) is 36.8 Å². The first-order valence-electron chi connectivity index (χ1n) is 29.7. The number of hydrogen-bond donors (Lipinski definition) is 9. The Labute approximate surface area is 453 Å². The molecule has 0 aromatic carbocycles. The second-order valence-corrected chi connectivity index (χ2v) is 30.5. The Morgan fingerprint density at radius 3 is 2.53 bits per heavy atom. The van der Waals surface area contributed by atoms with Crippen molar-refractivity contribution in [3.63, 3.8) is 0 Å². The number of nitrogens with one attached hydrogen (secondary N) is 2. The average Bonchev–Trinajstić information content (AvgIpc) is 4.22. The van der Waals surface area contributed by atoms with E-state index in [0.29, 0.717) is 48.0 Å². The summed E-state index contributed by atoms with van der Waals surface area (Å²) >= 11 is 0. The molecule has 0 amide bonds. The Balaban J connectivity index is 1.05. The summed E-state index contributed by atoms with van der Waals surface area (Å²) in [5.41, 5.74) is 10.2. The summed E-state index contributed by atoms with van der Waals surface area (Å²) in [6, 6.07) is 0.140. The van der Waals surface area contributed by atoms with E-state index < -0.39 is 58.7 Å². The molecule has 1 aromatic rings. The van der Waals surface area contributed by atoms with Crippen molar-refractivity contribution in [3.8, 4) is 0 Å². The minimum Gasteiger partial charge on any atom is -0.396 e. The van der Waals surface area contributed by atoms with Gasteiger partial charge in [-0.05, 0) is 185 Å². The van der Waals surface area contributed by atoms with Gasteiger partial charge in [-0.2, -0.15) is 0 Å². The Hall–Kier alpha value is -2.21. The summed E-state index contributed by atoms with van der Waals surface area (Å²) in [4.78, 5) is 25.1. The van der Waals surface area contributed by atoms with Crippen molar-refractivity contribution >= 4 is 33.3 Å². The van der Waals surface area contributed by atoms with Gasteiger partial charge in [0.2, 0.25) is 0 Å². The average molecular weight is 1070 g/mol. The lowest BCUT2D eigenvalue weighted by atomic mass is 9.38. The molecular formula is C60H88N6O7S2. The molecule has 1 spiro atoms. The van der Waals surface area contributed by atoms with Gasteiger partial charge in [0, 0.05) is 78.0 Å². The third-order valence-electron chi connectivity index (χ3n) is 24.5. The fourth-order valence-corrected chi connectivity index (χ4v) is 25.5. The zero-order valence-corrected chi connectivity index (χ0v) is 46.9. The van der Waals surface area contributed by atoms with E-state index in [0.717, 1.165) is 50.2 Å². The summed E-state index contributed by atoms with van der Waals surface area (Å²) in [5.74, 6) is 0.423. The fourth-order valence-electron chi connectivity index (χ4n) is 22.8. The maximum absolute atomic E-state index is 15.4. The van der Waals surface area contributed by atoms with Gasteiger partial charge in [-0.1, -0.05) is 71.1 Å². The van der Waals surface area contributed by atoms with Crippen LogP contribution in [0.1, 0.15) is 130 Å². The van der Waals surface area contributed by atoms with Crippen LogP contribution in [-0.4, -0.2) is 120 Å². The lowest BCUT2D eigenvalue weighted by Gasteiger charge is -2.67. The second-order valence-electron chi connectivity index (χ2n) is 27.9. The van der Waals surface area contributed by atoms with Gasteiger partial charge in [0.15, 0.2) is 11.7 Å². The van der Waals surface area contributed by atoms with Gasteiger partial charge in [-0.15, -0.1) is 0 Å². The standard InChI is InChI=1S/C60H88N6O7S2/c1-30(68)65-55(61)64-25-39-41-14-13-36-35-9-6-10-37-46(35)48-52(38-18-31-11-12-32-8-7-15-58(32,21-31)49(37)38)56(2,3)22-34(66-17-16-63-29-66)27-75-74-26-33-19-42(47(36)54(48)72)59(41,28-67)60(33,73)43-20-44(69)51-40(24-62-5)53(71)45(70)23-57(51,4)50(39)43/h16-17,20,29-36,39-42,45,47-51,53-54,62,67-68,70-73H,6-15,18-19,21-28H2,1-5H3,(H3,61,64,65). The first-order chi connectivity index (χ1) is 35.9. The Morgan fingerprint density at radius 2 is 1.77 bits per heavy atom. The molecule has 23 unspecified atom stereocenters. The van der Waals surface area contributed by atoms with E-state index in [1.165, 1.54) is 44.1 Å². The molecule has 6 bridgehead atoms. The van der Waals surface area contributed by atoms with Crippen LogP contribution < -0.4 is 16.4 Å². The van der Waals surface area contributed by atoms with Crippen LogP contribution in [0.2, 0.25) is 0 Å². The van der Waals surface area contributed by atoms with E-state index in [2.05, 4.69) is 47.2 Å². The number of nitrogens with zero attached hydrogens (tertiary/aromatic N) is 3. The number of carbonyl (C=O) groups is 1. The number of aliphatic imine (C=N–C) groups is 1. The number of aliphatic hydroxyl groups is 6. The number of imidazole rings is 1. The number of fused-ring (bicyclic) bond motifs is 10. The Bertz CT molecular complexity index is 2550. The lowest BCUT2D eigenvalue weighted by Crippen LogP contribution is -2.71. The molecule has 1 aliphatic heterocycles. The molecule has 12 aliphatic rings. The first-order valence-corrected chi connectivity index (χ1v) is 32.1. The Morgan fingerprint density at radius 1 is 0.960 bits per heavy atom. The van der Waals surface area contributed by atoms with E-state index >= 15 is 4.79 Å². The monoisotopic (exact) mass is 1070 g/mol. The van der Waals surface area contributed by atoms with E-state index in [1.807, 2.05) is 30.4 Å². The van der Waals surface area contributed by atoms with Crippen molar-refractivity contribution in [2.24, 2.45) is 115 Å². The molecule has 15 heteroatoms. The molecule has 10 N–H and O–H groups in total. The van der Waals surface area contributed by atoms with Crippen LogP contribution in [0.5, 0.6) is 0 Å². The second kappa shape index (κ2) is 18.7. The maximum atomic E-state index is 15.4. The third kappa shape index (κ3) is 7.24. The fraction of sp³-hybridized carbons (Fsp3) is 0.817. The molecule has 11 aliphatic carbocycles. The van der Waals surface area contributed by atoms with Crippen molar-refractivity contribution in [1.29, 1.82) is 0 Å². The summed E-state index contributed by atoms with van der Waals surface area (Å²) in [5, 5.41) is 82.7. The number of carbonyl (C=O) groups excluding carboxylic acids is 1. The minimum absolute atomic E-state index is 0.102. The molecule has 9 fully saturated rings. The highest BCUT2D eigenvalue weighted by atomic mass is 33.1. The number of nitrogens with two attached hydrogens (primary N) is 1. The molecule has 13 rings (SSSR count). The zero-order chi connectivity index (χ0) is 52.3. The topological polar surface area (TPSA) is 219 Å². The molecular weight excluding hydrogens is 981 g/mol.